The second-order valence-electron chi connectivity index (χ2n) is 9.50. The first-order valence-corrected chi connectivity index (χ1v) is 13.2. The molecule has 1 amide bonds. The molecule has 1 saturated heterocycles. The molecule has 9 heteroatoms. The lowest BCUT2D eigenvalue weighted by Crippen LogP contribution is -2.66. The zero-order valence-electron chi connectivity index (χ0n) is 22.4. The van der Waals surface area contributed by atoms with Crippen LogP contribution >= 0.6 is 0 Å². The summed E-state index contributed by atoms with van der Waals surface area (Å²) in [4.78, 5) is 23.8. The summed E-state index contributed by atoms with van der Waals surface area (Å²) in [5.74, 6) is -1.49. The van der Waals surface area contributed by atoms with Crippen molar-refractivity contribution in [1.29, 1.82) is 0 Å². The van der Waals surface area contributed by atoms with Crippen LogP contribution in [-0.2, 0) is 53.1 Å². The fourth-order valence-electron chi connectivity index (χ4n) is 4.52. The summed E-state index contributed by atoms with van der Waals surface area (Å²) < 4.78 is 30.8. The molecule has 0 spiro atoms. The highest BCUT2D eigenvalue weighted by Gasteiger charge is 2.49. The molecule has 40 heavy (non-hydrogen) atoms. The number of benzene rings is 3. The monoisotopic (exact) mass is 549 g/mol. The van der Waals surface area contributed by atoms with Gasteiger partial charge in [-0.3, -0.25) is 4.79 Å². The van der Waals surface area contributed by atoms with Crippen molar-refractivity contribution in [2.45, 2.75) is 57.4 Å². The van der Waals surface area contributed by atoms with Gasteiger partial charge in [0.1, 0.15) is 31.0 Å². The average molecular weight is 550 g/mol. The minimum absolute atomic E-state index is 0.124. The fourth-order valence-corrected chi connectivity index (χ4v) is 4.52. The van der Waals surface area contributed by atoms with Gasteiger partial charge in [0.25, 0.3) is 0 Å². The lowest BCUT2D eigenvalue weighted by Gasteiger charge is -2.46. The van der Waals surface area contributed by atoms with E-state index in [4.69, 9.17) is 23.7 Å². The summed E-state index contributed by atoms with van der Waals surface area (Å²) >= 11 is 0. The van der Waals surface area contributed by atoms with Crippen molar-refractivity contribution >= 4 is 11.9 Å². The summed E-state index contributed by atoms with van der Waals surface area (Å²) in [7, 11) is 0. The predicted octanol–water partition coefficient (Wildman–Crippen LogP) is 3.70. The maximum absolute atomic E-state index is 12.3. The molecule has 1 aliphatic heterocycles. The third-order valence-corrected chi connectivity index (χ3v) is 6.35. The number of aliphatic carboxylic acids is 1. The zero-order chi connectivity index (χ0) is 28.2. The molecule has 2 N–H and O–H groups in total. The Labute approximate surface area is 234 Å². The number of rotatable bonds is 14. The van der Waals surface area contributed by atoms with Gasteiger partial charge in [0.15, 0.2) is 6.29 Å². The van der Waals surface area contributed by atoms with Gasteiger partial charge in [-0.1, -0.05) is 91.0 Å². The van der Waals surface area contributed by atoms with Crippen LogP contribution in [0, 0.1) is 0 Å². The van der Waals surface area contributed by atoms with Crippen molar-refractivity contribution in [3.05, 3.63) is 108 Å². The topological polar surface area (TPSA) is 113 Å². The molecule has 0 unspecified atom stereocenters. The Balaban J connectivity index is 1.59. The first kappa shape index (κ1) is 29.4. The predicted molar refractivity (Wildman–Crippen MR) is 146 cm³/mol. The number of hydrogen-bond acceptors (Lipinski definition) is 7. The molecule has 3 aromatic carbocycles. The number of carbonyl (C=O) groups excluding carboxylic acids is 1. The third-order valence-electron chi connectivity index (χ3n) is 6.35. The first-order valence-electron chi connectivity index (χ1n) is 13.2. The SMILES string of the molecule is CC(=O)N[C@H]1[C@@H](OCc2ccccc2)O[C@H](COCc2ccccc2)[C@@H](OCc2ccccc2)[C@@H]1OCC(=O)O. The van der Waals surface area contributed by atoms with E-state index in [1.54, 1.807) is 0 Å². The zero-order valence-corrected chi connectivity index (χ0v) is 22.4. The van der Waals surface area contributed by atoms with Crippen LogP contribution in [0.1, 0.15) is 23.6 Å². The molecule has 1 heterocycles. The molecule has 1 aliphatic rings. The van der Waals surface area contributed by atoms with Crippen molar-refractivity contribution in [1.82, 2.24) is 5.32 Å². The maximum atomic E-state index is 12.3. The standard InChI is InChI=1S/C31H35NO8/c1-22(33)32-28-30(38-21-27(34)35)29(37-18-24-13-7-3-8-14-24)26(20-36-17-23-11-5-2-6-12-23)40-31(28)39-19-25-15-9-4-10-16-25/h2-16,26,28-31H,17-21H2,1H3,(H,32,33)(H,34,35)/t26-,28-,29-,30-,31+/m1/s1. The van der Waals surface area contributed by atoms with Crippen LogP contribution in [0.25, 0.3) is 0 Å². The molecular formula is C31H35NO8. The lowest BCUT2D eigenvalue weighted by atomic mass is 9.96. The summed E-state index contributed by atoms with van der Waals surface area (Å²) in [6, 6.07) is 28.0. The largest absolute Gasteiger partial charge is 0.480 e. The number of carbonyl (C=O) groups is 2. The number of carboxylic acid groups (broad SMARTS) is 1. The van der Waals surface area contributed by atoms with Gasteiger partial charge in [-0.15, -0.1) is 0 Å². The van der Waals surface area contributed by atoms with Gasteiger partial charge >= 0.3 is 5.97 Å². The van der Waals surface area contributed by atoms with Crippen LogP contribution in [0.2, 0.25) is 0 Å². The van der Waals surface area contributed by atoms with Gasteiger partial charge in [-0.25, -0.2) is 4.79 Å². The molecule has 4 rings (SSSR count). The Bertz CT molecular complexity index is 1180. The second-order valence-corrected chi connectivity index (χ2v) is 9.50. The van der Waals surface area contributed by atoms with Crippen LogP contribution in [0.4, 0.5) is 0 Å². The van der Waals surface area contributed by atoms with Crippen LogP contribution < -0.4 is 5.32 Å². The van der Waals surface area contributed by atoms with Crippen molar-refractivity contribution in [3.63, 3.8) is 0 Å². The Morgan fingerprint density at radius 3 is 1.80 bits per heavy atom. The minimum Gasteiger partial charge on any atom is -0.480 e. The molecule has 1 fully saturated rings. The molecule has 0 saturated carbocycles. The molecule has 0 aromatic heterocycles. The Kier molecular flexibility index (Phi) is 11.2. The first-order chi connectivity index (χ1) is 19.5. The maximum Gasteiger partial charge on any atom is 0.329 e. The van der Waals surface area contributed by atoms with E-state index in [0.29, 0.717) is 6.61 Å². The Morgan fingerprint density at radius 1 is 0.750 bits per heavy atom. The van der Waals surface area contributed by atoms with E-state index in [2.05, 4.69) is 5.32 Å². The molecule has 0 aliphatic carbocycles. The molecule has 3 aromatic rings. The molecule has 5 atom stereocenters. The summed E-state index contributed by atoms with van der Waals surface area (Å²) in [6.45, 7) is 1.68. The van der Waals surface area contributed by atoms with Crippen molar-refractivity contribution in [2.24, 2.45) is 0 Å². The van der Waals surface area contributed by atoms with Crippen LogP contribution in [0.3, 0.4) is 0 Å². The second kappa shape index (κ2) is 15.3. The number of amides is 1. The van der Waals surface area contributed by atoms with Crippen molar-refractivity contribution in [2.75, 3.05) is 13.2 Å². The Morgan fingerprint density at radius 2 is 1.27 bits per heavy atom. The molecule has 212 valence electrons. The fraction of sp³-hybridized carbons (Fsp3) is 0.355. The van der Waals surface area contributed by atoms with E-state index in [1.165, 1.54) is 6.92 Å². The average Bonchev–Trinajstić information content (AvgIpc) is 2.96. The van der Waals surface area contributed by atoms with E-state index in [0.717, 1.165) is 16.7 Å². The highest BCUT2D eigenvalue weighted by molar-refractivity contribution is 5.73. The molecule has 9 nitrogen and oxygen atoms in total. The van der Waals surface area contributed by atoms with Gasteiger partial charge < -0.3 is 34.1 Å². The van der Waals surface area contributed by atoms with Crippen molar-refractivity contribution in [3.8, 4) is 0 Å². The van der Waals surface area contributed by atoms with E-state index in [1.807, 2.05) is 91.0 Å². The third kappa shape index (κ3) is 8.97. The van der Waals surface area contributed by atoms with E-state index < -0.39 is 43.2 Å². The van der Waals surface area contributed by atoms with Gasteiger partial charge in [0.05, 0.1) is 26.4 Å². The van der Waals surface area contributed by atoms with Gasteiger partial charge in [-0.2, -0.15) is 0 Å². The number of hydrogen-bond donors (Lipinski definition) is 2. The van der Waals surface area contributed by atoms with Gasteiger partial charge in [0, 0.05) is 6.92 Å². The Hall–Kier alpha value is -3.60. The highest BCUT2D eigenvalue weighted by Crippen LogP contribution is 2.29. The normalized spacial score (nSPS) is 22.5. The van der Waals surface area contributed by atoms with Gasteiger partial charge in [0.2, 0.25) is 5.91 Å². The highest BCUT2D eigenvalue weighted by atomic mass is 16.7. The van der Waals surface area contributed by atoms with Crippen LogP contribution in [-0.4, -0.2) is 60.8 Å². The van der Waals surface area contributed by atoms with E-state index >= 15 is 0 Å². The van der Waals surface area contributed by atoms with Crippen LogP contribution in [0.5, 0.6) is 0 Å². The lowest BCUT2D eigenvalue weighted by molar-refractivity contribution is -0.291. The molecule has 0 radical (unpaired) electrons. The van der Waals surface area contributed by atoms with Crippen LogP contribution in [0.15, 0.2) is 91.0 Å². The number of carboxylic acids is 1. The summed E-state index contributed by atoms with van der Waals surface area (Å²) in [5, 5.41) is 12.3. The summed E-state index contributed by atoms with van der Waals surface area (Å²) in [5.41, 5.74) is 2.82. The molecular weight excluding hydrogens is 514 g/mol. The quantitative estimate of drug-likeness (QED) is 0.313. The smallest absolute Gasteiger partial charge is 0.329 e. The van der Waals surface area contributed by atoms with E-state index in [9.17, 15) is 14.7 Å². The van der Waals surface area contributed by atoms with Gasteiger partial charge in [-0.05, 0) is 16.7 Å². The number of nitrogens with one attached hydrogen (secondary N) is 1. The summed E-state index contributed by atoms with van der Waals surface area (Å²) in [6.07, 6.45) is -3.31. The minimum atomic E-state index is -1.14. The number of ether oxygens (including phenoxy) is 5. The van der Waals surface area contributed by atoms with Crippen molar-refractivity contribution < 1.29 is 38.4 Å². The molecule has 0 bridgehead atoms. The van der Waals surface area contributed by atoms with E-state index in [-0.39, 0.29) is 25.7 Å².